The van der Waals surface area contributed by atoms with E-state index in [9.17, 15) is 0 Å². The average molecular weight is 171 g/mol. The highest BCUT2D eigenvalue weighted by Gasteiger charge is 2.23. The van der Waals surface area contributed by atoms with Gasteiger partial charge in [-0.3, -0.25) is 0 Å². The Labute approximate surface area is 73.9 Å². The summed E-state index contributed by atoms with van der Waals surface area (Å²) < 4.78 is 0. The van der Waals surface area contributed by atoms with Crippen LogP contribution in [0.25, 0.3) is 0 Å². The fourth-order valence-corrected chi connectivity index (χ4v) is 1.58. The second-order valence-electron chi connectivity index (χ2n) is 3.10. The Morgan fingerprint density at radius 1 is 1.55 bits per heavy atom. The first-order valence-electron chi connectivity index (χ1n) is 4.26. The van der Waals surface area contributed by atoms with Gasteiger partial charge in [-0.1, -0.05) is 37.6 Å². The smallest absolute Gasteiger partial charge is 0.0663 e. The van der Waals surface area contributed by atoms with E-state index in [4.69, 9.17) is 11.6 Å². The van der Waals surface area contributed by atoms with Crippen molar-refractivity contribution < 1.29 is 0 Å². The van der Waals surface area contributed by atoms with Gasteiger partial charge in [0.2, 0.25) is 0 Å². The van der Waals surface area contributed by atoms with Crippen molar-refractivity contribution >= 4 is 11.6 Å². The molecule has 11 heavy (non-hydrogen) atoms. The van der Waals surface area contributed by atoms with E-state index in [2.05, 4.69) is 32.1 Å². The maximum Gasteiger partial charge on any atom is 0.0663 e. The van der Waals surface area contributed by atoms with Crippen molar-refractivity contribution in [2.24, 2.45) is 0 Å². The van der Waals surface area contributed by atoms with Gasteiger partial charge in [0.05, 0.1) is 4.87 Å². The first-order chi connectivity index (χ1) is 5.20. The molecular formula is C10H15Cl. The zero-order valence-corrected chi connectivity index (χ0v) is 7.99. The minimum absolute atomic E-state index is 0.0832. The van der Waals surface area contributed by atoms with Crippen LogP contribution in [-0.2, 0) is 0 Å². The molecule has 1 atom stereocenters. The molecule has 0 saturated heterocycles. The quantitative estimate of drug-likeness (QED) is 0.555. The Kier molecular flexibility index (Phi) is 2.78. The molecule has 0 heterocycles. The van der Waals surface area contributed by atoms with Crippen LogP contribution in [0.15, 0.2) is 23.8 Å². The van der Waals surface area contributed by atoms with E-state index in [1.54, 1.807) is 0 Å². The molecule has 1 rings (SSSR count). The van der Waals surface area contributed by atoms with E-state index in [0.717, 1.165) is 19.3 Å². The summed E-state index contributed by atoms with van der Waals surface area (Å²) in [6, 6.07) is 0. The molecule has 0 spiro atoms. The standard InChI is InChI=1S/C10H15Cl/c1-3-9-6-5-7-10(11,4-2)8-9/h5-7H,3-4,8H2,1-2H3. The molecule has 0 aliphatic heterocycles. The summed E-state index contributed by atoms with van der Waals surface area (Å²) in [6.45, 7) is 4.31. The molecule has 1 aliphatic carbocycles. The summed E-state index contributed by atoms with van der Waals surface area (Å²) in [4.78, 5) is -0.0832. The summed E-state index contributed by atoms with van der Waals surface area (Å²) >= 11 is 6.31. The molecule has 0 N–H and O–H groups in total. The Balaban J connectivity index is 2.68. The molecule has 62 valence electrons. The largest absolute Gasteiger partial charge is 0.114 e. The molecule has 0 aromatic carbocycles. The maximum absolute atomic E-state index is 6.31. The van der Waals surface area contributed by atoms with Gasteiger partial charge in [-0.05, 0) is 19.3 Å². The summed E-state index contributed by atoms with van der Waals surface area (Å²) in [5, 5.41) is 0. The molecule has 0 fully saturated rings. The van der Waals surface area contributed by atoms with Crippen LogP contribution >= 0.6 is 11.6 Å². The van der Waals surface area contributed by atoms with Crippen molar-refractivity contribution in [3.63, 3.8) is 0 Å². The number of rotatable bonds is 2. The van der Waals surface area contributed by atoms with Crippen LogP contribution in [0.3, 0.4) is 0 Å². The lowest BCUT2D eigenvalue weighted by atomic mass is 9.90. The predicted octanol–water partition coefficient (Wildman–Crippen LogP) is 3.67. The van der Waals surface area contributed by atoms with E-state index >= 15 is 0 Å². The van der Waals surface area contributed by atoms with E-state index in [1.807, 2.05) is 0 Å². The highest BCUT2D eigenvalue weighted by Crippen LogP contribution is 2.33. The zero-order valence-electron chi connectivity index (χ0n) is 7.23. The lowest BCUT2D eigenvalue weighted by Gasteiger charge is -2.25. The third kappa shape index (κ3) is 2.10. The zero-order chi connectivity index (χ0) is 8.32. The van der Waals surface area contributed by atoms with Crippen LogP contribution in [-0.4, -0.2) is 4.87 Å². The third-order valence-corrected chi connectivity index (χ3v) is 2.82. The first-order valence-corrected chi connectivity index (χ1v) is 4.64. The Bertz CT molecular complexity index is 191. The van der Waals surface area contributed by atoms with E-state index in [0.29, 0.717) is 0 Å². The topological polar surface area (TPSA) is 0 Å². The van der Waals surface area contributed by atoms with Gasteiger partial charge in [0.15, 0.2) is 0 Å². The van der Waals surface area contributed by atoms with Gasteiger partial charge in [0.1, 0.15) is 0 Å². The molecular weight excluding hydrogens is 156 g/mol. The second kappa shape index (κ2) is 3.44. The van der Waals surface area contributed by atoms with Gasteiger partial charge < -0.3 is 0 Å². The predicted molar refractivity (Wildman–Crippen MR) is 51.0 cm³/mol. The number of alkyl halides is 1. The SMILES string of the molecule is CCC1=CC=CC(Cl)(CC)C1. The molecule has 0 bridgehead atoms. The summed E-state index contributed by atoms with van der Waals surface area (Å²) in [6.07, 6.45) is 9.53. The molecule has 0 amide bonds. The molecule has 1 heteroatoms. The first kappa shape index (κ1) is 8.86. The lowest BCUT2D eigenvalue weighted by Crippen LogP contribution is -2.19. The fraction of sp³-hybridized carbons (Fsp3) is 0.600. The number of hydrogen-bond donors (Lipinski definition) is 0. The lowest BCUT2D eigenvalue weighted by molar-refractivity contribution is 0.643. The van der Waals surface area contributed by atoms with Crippen LogP contribution in [0.2, 0.25) is 0 Å². The molecule has 1 unspecified atom stereocenters. The van der Waals surface area contributed by atoms with Crippen LogP contribution < -0.4 is 0 Å². The van der Waals surface area contributed by atoms with Crippen molar-refractivity contribution in [1.82, 2.24) is 0 Å². The number of hydrogen-bond acceptors (Lipinski definition) is 0. The maximum atomic E-state index is 6.31. The molecule has 0 radical (unpaired) electrons. The van der Waals surface area contributed by atoms with Gasteiger partial charge in [0, 0.05) is 0 Å². The molecule has 0 aromatic rings. The van der Waals surface area contributed by atoms with Gasteiger partial charge in [-0.15, -0.1) is 11.6 Å². The van der Waals surface area contributed by atoms with Crippen LogP contribution in [0.1, 0.15) is 33.1 Å². The van der Waals surface area contributed by atoms with Gasteiger partial charge in [-0.2, -0.15) is 0 Å². The monoisotopic (exact) mass is 170 g/mol. The van der Waals surface area contributed by atoms with Crippen LogP contribution in [0, 0.1) is 0 Å². The number of halogens is 1. The average Bonchev–Trinajstić information content (AvgIpc) is 2.05. The molecule has 0 nitrogen and oxygen atoms in total. The van der Waals surface area contributed by atoms with E-state index < -0.39 is 0 Å². The van der Waals surface area contributed by atoms with E-state index in [1.165, 1.54) is 5.57 Å². The molecule has 0 aromatic heterocycles. The van der Waals surface area contributed by atoms with Crippen molar-refractivity contribution in [1.29, 1.82) is 0 Å². The fourth-order valence-electron chi connectivity index (χ4n) is 1.34. The second-order valence-corrected chi connectivity index (χ2v) is 3.86. The summed E-state index contributed by atoms with van der Waals surface area (Å²) in [5.74, 6) is 0. The van der Waals surface area contributed by atoms with Gasteiger partial charge in [-0.25, -0.2) is 0 Å². The minimum atomic E-state index is -0.0832. The Morgan fingerprint density at radius 2 is 2.27 bits per heavy atom. The highest BCUT2D eigenvalue weighted by molar-refractivity contribution is 6.25. The van der Waals surface area contributed by atoms with Gasteiger partial charge >= 0.3 is 0 Å². The Hall–Kier alpha value is -0.230. The third-order valence-electron chi connectivity index (χ3n) is 2.29. The van der Waals surface area contributed by atoms with Crippen molar-refractivity contribution in [3.8, 4) is 0 Å². The Morgan fingerprint density at radius 3 is 2.82 bits per heavy atom. The number of allylic oxidation sites excluding steroid dienone is 4. The molecule has 1 aliphatic rings. The summed E-state index contributed by atoms with van der Waals surface area (Å²) in [7, 11) is 0. The van der Waals surface area contributed by atoms with Crippen molar-refractivity contribution in [3.05, 3.63) is 23.8 Å². The minimum Gasteiger partial charge on any atom is -0.114 e. The highest BCUT2D eigenvalue weighted by atomic mass is 35.5. The summed E-state index contributed by atoms with van der Waals surface area (Å²) in [5.41, 5.74) is 1.46. The van der Waals surface area contributed by atoms with Crippen molar-refractivity contribution in [2.45, 2.75) is 38.0 Å². The normalized spacial score (nSPS) is 30.3. The van der Waals surface area contributed by atoms with Gasteiger partial charge in [0.25, 0.3) is 0 Å². The van der Waals surface area contributed by atoms with E-state index in [-0.39, 0.29) is 4.87 Å². The van der Waals surface area contributed by atoms with Crippen molar-refractivity contribution in [2.75, 3.05) is 0 Å². The van der Waals surface area contributed by atoms with Crippen LogP contribution in [0.4, 0.5) is 0 Å². The van der Waals surface area contributed by atoms with Crippen LogP contribution in [0.5, 0.6) is 0 Å². The molecule has 0 saturated carbocycles.